The van der Waals surface area contributed by atoms with Crippen molar-refractivity contribution >= 4 is 5.96 Å². The van der Waals surface area contributed by atoms with Crippen LogP contribution in [0.15, 0.2) is 21.8 Å². The lowest BCUT2D eigenvalue weighted by atomic mass is 10.3. The summed E-state index contributed by atoms with van der Waals surface area (Å²) in [5.41, 5.74) is 0.978. The molecule has 2 rings (SSSR count). The predicted octanol–water partition coefficient (Wildman–Crippen LogP) is 0.391. The maximum atomic E-state index is 5.27. The lowest BCUT2D eigenvalue weighted by molar-refractivity contribution is 0.169. The Morgan fingerprint density at radius 1 is 1.50 bits per heavy atom. The number of aliphatic imine (C=N–C) groups is 1. The van der Waals surface area contributed by atoms with Crippen LogP contribution in [0.4, 0.5) is 0 Å². The summed E-state index contributed by atoms with van der Waals surface area (Å²) in [4.78, 5) is 9.02. The van der Waals surface area contributed by atoms with Gasteiger partial charge in [0.25, 0.3) is 0 Å². The summed E-state index contributed by atoms with van der Waals surface area (Å²) in [6, 6.07) is 1.91. The number of guanidine groups is 1. The minimum absolute atomic E-state index is 0.418. The molecule has 1 fully saturated rings. The SMILES string of the molecule is C#CCN=C(NCC)N1CCN(Cc2ccon2)CC1. The molecule has 0 amide bonds. The van der Waals surface area contributed by atoms with Gasteiger partial charge in [0, 0.05) is 45.3 Å². The van der Waals surface area contributed by atoms with Gasteiger partial charge in [-0.25, -0.2) is 4.99 Å². The fourth-order valence-electron chi connectivity index (χ4n) is 2.21. The summed E-state index contributed by atoms with van der Waals surface area (Å²) >= 11 is 0. The van der Waals surface area contributed by atoms with Crippen molar-refractivity contribution < 1.29 is 4.52 Å². The van der Waals surface area contributed by atoms with E-state index in [2.05, 4.69) is 38.1 Å². The monoisotopic (exact) mass is 275 g/mol. The largest absolute Gasteiger partial charge is 0.364 e. The topological polar surface area (TPSA) is 56.9 Å². The van der Waals surface area contributed by atoms with Gasteiger partial charge in [-0.2, -0.15) is 0 Å². The van der Waals surface area contributed by atoms with Crippen LogP contribution in [0.5, 0.6) is 0 Å². The van der Waals surface area contributed by atoms with Crippen LogP contribution in [-0.2, 0) is 6.54 Å². The molecule has 0 atom stereocenters. The molecule has 1 N–H and O–H groups in total. The second kappa shape index (κ2) is 7.56. The van der Waals surface area contributed by atoms with E-state index in [1.54, 1.807) is 6.26 Å². The number of nitrogens with zero attached hydrogens (tertiary/aromatic N) is 4. The minimum Gasteiger partial charge on any atom is -0.364 e. The van der Waals surface area contributed by atoms with Crippen LogP contribution in [0.1, 0.15) is 12.6 Å². The van der Waals surface area contributed by atoms with E-state index in [1.165, 1.54) is 0 Å². The molecule has 1 aromatic rings. The third-order valence-electron chi connectivity index (χ3n) is 3.20. The molecule has 1 aliphatic heterocycles. The standard InChI is InChI=1S/C14H21N5O/c1-3-6-16-14(15-4-2)19-9-7-18(8-10-19)12-13-5-11-20-17-13/h1,5,11H,4,6-10,12H2,2H3,(H,15,16). The van der Waals surface area contributed by atoms with Gasteiger partial charge in [-0.05, 0) is 6.92 Å². The Hall–Kier alpha value is -2.00. The fraction of sp³-hybridized carbons (Fsp3) is 0.571. The normalized spacial score (nSPS) is 17.0. The summed E-state index contributed by atoms with van der Waals surface area (Å²) in [7, 11) is 0. The molecular weight excluding hydrogens is 254 g/mol. The van der Waals surface area contributed by atoms with Gasteiger partial charge in [0.05, 0.1) is 5.69 Å². The van der Waals surface area contributed by atoms with Crippen LogP contribution in [-0.4, -0.2) is 60.2 Å². The van der Waals surface area contributed by atoms with Gasteiger partial charge in [0.2, 0.25) is 0 Å². The number of terminal acetylenes is 1. The zero-order valence-electron chi connectivity index (χ0n) is 11.9. The number of nitrogens with one attached hydrogen (secondary N) is 1. The molecule has 6 nitrogen and oxygen atoms in total. The van der Waals surface area contributed by atoms with Crippen molar-refractivity contribution in [2.24, 2.45) is 4.99 Å². The Bertz CT molecular complexity index is 454. The van der Waals surface area contributed by atoms with Crippen molar-refractivity contribution in [2.45, 2.75) is 13.5 Å². The highest BCUT2D eigenvalue weighted by Gasteiger charge is 2.19. The molecule has 1 aliphatic rings. The van der Waals surface area contributed by atoms with E-state index in [0.29, 0.717) is 6.54 Å². The van der Waals surface area contributed by atoms with Crippen molar-refractivity contribution in [1.82, 2.24) is 20.3 Å². The van der Waals surface area contributed by atoms with E-state index in [-0.39, 0.29) is 0 Å². The summed E-state index contributed by atoms with van der Waals surface area (Å²) in [6.07, 6.45) is 6.89. The fourth-order valence-corrected chi connectivity index (χ4v) is 2.21. The first-order valence-corrected chi connectivity index (χ1v) is 6.91. The number of aromatic nitrogens is 1. The molecule has 0 saturated carbocycles. The van der Waals surface area contributed by atoms with Gasteiger partial charge >= 0.3 is 0 Å². The van der Waals surface area contributed by atoms with Crippen LogP contribution < -0.4 is 5.32 Å². The second-order valence-electron chi connectivity index (χ2n) is 4.63. The number of rotatable bonds is 4. The Kier molecular flexibility index (Phi) is 5.44. The lowest BCUT2D eigenvalue weighted by Crippen LogP contribution is -2.52. The van der Waals surface area contributed by atoms with Gasteiger partial charge in [0.15, 0.2) is 5.96 Å². The van der Waals surface area contributed by atoms with Crippen LogP contribution >= 0.6 is 0 Å². The van der Waals surface area contributed by atoms with Crippen molar-refractivity contribution in [1.29, 1.82) is 0 Å². The minimum atomic E-state index is 0.418. The van der Waals surface area contributed by atoms with Gasteiger partial charge in [-0.1, -0.05) is 11.1 Å². The van der Waals surface area contributed by atoms with E-state index < -0.39 is 0 Å². The van der Waals surface area contributed by atoms with Crippen LogP contribution in [0.3, 0.4) is 0 Å². The van der Waals surface area contributed by atoms with Gasteiger partial charge < -0.3 is 14.7 Å². The molecule has 1 saturated heterocycles. The van der Waals surface area contributed by atoms with E-state index >= 15 is 0 Å². The van der Waals surface area contributed by atoms with Gasteiger partial charge in [0.1, 0.15) is 12.8 Å². The molecule has 0 spiro atoms. The Labute approximate surface area is 119 Å². The van der Waals surface area contributed by atoms with E-state index in [9.17, 15) is 0 Å². The number of hydrogen-bond donors (Lipinski definition) is 1. The zero-order valence-corrected chi connectivity index (χ0v) is 11.9. The molecule has 6 heteroatoms. The smallest absolute Gasteiger partial charge is 0.194 e. The lowest BCUT2D eigenvalue weighted by Gasteiger charge is -2.36. The molecule has 2 heterocycles. The highest BCUT2D eigenvalue weighted by Crippen LogP contribution is 2.07. The molecule has 108 valence electrons. The quantitative estimate of drug-likeness (QED) is 0.489. The number of piperazine rings is 1. The summed E-state index contributed by atoms with van der Waals surface area (Å²) in [5, 5.41) is 7.23. The van der Waals surface area contributed by atoms with Gasteiger partial charge in [-0.3, -0.25) is 4.90 Å². The molecule has 20 heavy (non-hydrogen) atoms. The van der Waals surface area contributed by atoms with E-state index in [0.717, 1.165) is 50.9 Å². The molecule has 1 aromatic heterocycles. The summed E-state index contributed by atoms with van der Waals surface area (Å²) in [6.45, 7) is 8.00. The van der Waals surface area contributed by atoms with Crippen molar-refractivity contribution in [2.75, 3.05) is 39.3 Å². The molecular formula is C14H21N5O. The Balaban J connectivity index is 1.84. The van der Waals surface area contributed by atoms with E-state index in [4.69, 9.17) is 10.9 Å². The molecule has 0 unspecified atom stereocenters. The van der Waals surface area contributed by atoms with Crippen LogP contribution in [0.25, 0.3) is 0 Å². The van der Waals surface area contributed by atoms with Crippen molar-refractivity contribution in [3.05, 3.63) is 18.0 Å². The maximum Gasteiger partial charge on any atom is 0.194 e. The highest BCUT2D eigenvalue weighted by molar-refractivity contribution is 5.80. The Morgan fingerprint density at radius 2 is 2.30 bits per heavy atom. The van der Waals surface area contributed by atoms with Crippen LogP contribution in [0.2, 0.25) is 0 Å². The van der Waals surface area contributed by atoms with Gasteiger partial charge in [-0.15, -0.1) is 6.42 Å². The number of hydrogen-bond acceptors (Lipinski definition) is 4. The summed E-state index contributed by atoms with van der Waals surface area (Å²) < 4.78 is 4.86. The first-order chi connectivity index (χ1) is 9.83. The van der Waals surface area contributed by atoms with Crippen LogP contribution in [0, 0.1) is 12.3 Å². The third kappa shape index (κ3) is 4.00. The maximum absolute atomic E-state index is 5.27. The second-order valence-corrected chi connectivity index (χ2v) is 4.63. The molecule has 0 aromatic carbocycles. The predicted molar refractivity (Wildman–Crippen MR) is 78.2 cm³/mol. The molecule has 0 aliphatic carbocycles. The van der Waals surface area contributed by atoms with Crippen molar-refractivity contribution in [3.8, 4) is 12.3 Å². The molecule has 0 bridgehead atoms. The highest BCUT2D eigenvalue weighted by atomic mass is 16.5. The van der Waals surface area contributed by atoms with E-state index in [1.807, 2.05) is 6.07 Å². The summed E-state index contributed by atoms with van der Waals surface area (Å²) in [5.74, 6) is 3.46. The average molecular weight is 275 g/mol. The Morgan fingerprint density at radius 3 is 2.90 bits per heavy atom. The third-order valence-corrected chi connectivity index (χ3v) is 3.20. The first kappa shape index (κ1) is 14.4. The van der Waals surface area contributed by atoms with Crippen molar-refractivity contribution in [3.63, 3.8) is 0 Å². The molecule has 0 radical (unpaired) electrons. The first-order valence-electron chi connectivity index (χ1n) is 6.91. The average Bonchev–Trinajstić information content (AvgIpc) is 2.97. The zero-order chi connectivity index (χ0) is 14.2.